The molecule has 1 aliphatic rings. The fourth-order valence-corrected chi connectivity index (χ4v) is 3.97. The van der Waals surface area contributed by atoms with Crippen molar-refractivity contribution in [3.05, 3.63) is 29.3 Å². The summed E-state index contributed by atoms with van der Waals surface area (Å²) in [5.41, 5.74) is -1.37. The summed E-state index contributed by atoms with van der Waals surface area (Å²) in [6.07, 6.45) is 15.6. The molecule has 0 spiro atoms. The van der Waals surface area contributed by atoms with Crippen LogP contribution in [-0.4, -0.2) is 69.0 Å². The first-order valence-corrected chi connectivity index (χ1v) is 13.4. The average molecular weight is 595 g/mol. The first kappa shape index (κ1) is 34.4. The highest BCUT2D eigenvalue weighted by Crippen LogP contribution is 2.33. The quantitative estimate of drug-likeness (QED) is 0.0916. The molecule has 0 bridgehead atoms. The molecule has 43 heavy (non-hydrogen) atoms. The molecule has 3 unspecified atom stereocenters. The lowest BCUT2D eigenvalue weighted by Crippen LogP contribution is -2.35. The minimum atomic E-state index is -1.11. The van der Waals surface area contributed by atoms with Gasteiger partial charge in [0.15, 0.2) is 19.8 Å². The van der Waals surface area contributed by atoms with E-state index in [0.717, 1.165) is 0 Å². The van der Waals surface area contributed by atoms with Crippen LogP contribution in [0.15, 0.2) is 18.2 Å². The van der Waals surface area contributed by atoms with Gasteiger partial charge in [-0.05, 0) is 51.3 Å². The Labute approximate surface area is 250 Å². The van der Waals surface area contributed by atoms with Crippen LogP contribution < -0.4 is 4.74 Å². The Hall–Kier alpha value is -4.79. The molecule has 11 heteroatoms. The van der Waals surface area contributed by atoms with Crippen molar-refractivity contribution >= 4 is 29.8 Å². The number of terminal acetylenes is 3. The number of hydrogen-bond donors (Lipinski definition) is 0. The third-order valence-corrected chi connectivity index (χ3v) is 6.31. The number of epoxide rings is 1. The number of carbonyl (C=O) groups is 5. The maximum Gasteiger partial charge on any atom is 0.339 e. The second-order valence-corrected chi connectivity index (χ2v) is 10.2. The van der Waals surface area contributed by atoms with Gasteiger partial charge in [-0.1, -0.05) is 24.7 Å². The second-order valence-electron chi connectivity index (χ2n) is 10.2. The van der Waals surface area contributed by atoms with E-state index in [9.17, 15) is 24.0 Å². The van der Waals surface area contributed by atoms with Crippen molar-refractivity contribution in [3.63, 3.8) is 0 Å². The predicted molar refractivity (Wildman–Crippen MR) is 151 cm³/mol. The van der Waals surface area contributed by atoms with E-state index >= 15 is 0 Å². The summed E-state index contributed by atoms with van der Waals surface area (Å²) in [7, 11) is 0. The van der Waals surface area contributed by atoms with Gasteiger partial charge in [0.05, 0.1) is 35.0 Å². The van der Waals surface area contributed by atoms with E-state index in [1.54, 1.807) is 20.8 Å². The largest absolute Gasteiger partial charge is 0.462 e. The van der Waals surface area contributed by atoms with Gasteiger partial charge in [0.2, 0.25) is 0 Å². The Morgan fingerprint density at radius 3 is 1.88 bits per heavy atom. The van der Waals surface area contributed by atoms with Crippen molar-refractivity contribution in [1.82, 2.24) is 0 Å². The standard InChI is InChI=1S/C32H34O11/c1-7-11-38-27(33)22-15-23(28(34)39-12-8-2)17-25(16-22)43-30(36)21(10-4)14-24(29(35)40-13-9-3)18-32(5,6)31(37)42-20-26-19-41-26/h1-3,15-17,21,24,26H,10-14,18-20H2,4-6H3. The molecule has 2 rings (SSSR count). The lowest BCUT2D eigenvalue weighted by molar-refractivity contribution is -0.158. The van der Waals surface area contributed by atoms with Gasteiger partial charge in [-0.2, -0.15) is 0 Å². The summed E-state index contributed by atoms with van der Waals surface area (Å²) in [5.74, 6) is 0.859. The van der Waals surface area contributed by atoms with Crippen LogP contribution in [0.2, 0.25) is 0 Å². The highest BCUT2D eigenvalue weighted by molar-refractivity contribution is 5.96. The first-order valence-electron chi connectivity index (χ1n) is 13.4. The molecule has 0 N–H and O–H groups in total. The molecular weight excluding hydrogens is 560 g/mol. The zero-order valence-corrected chi connectivity index (χ0v) is 24.3. The molecule has 0 radical (unpaired) electrons. The fourth-order valence-electron chi connectivity index (χ4n) is 3.97. The van der Waals surface area contributed by atoms with Crippen molar-refractivity contribution in [2.45, 2.75) is 46.1 Å². The van der Waals surface area contributed by atoms with E-state index in [1.807, 2.05) is 0 Å². The van der Waals surface area contributed by atoms with Crippen LogP contribution in [0.4, 0.5) is 0 Å². The second kappa shape index (κ2) is 16.6. The third-order valence-electron chi connectivity index (χ3n) is 6.31. The topological polar surface area (TPSA) is 144 Å². The zero-order valence-electron chi connectivity index (χ0n) is 24.3. The number of esters is 5. The Morgan fingerprint density at radius 2 is 1.40 bits per heavy atom. The number of carbonyl (C=O) groups excluding carboxylic acids is 5. The zero-order chi connectivity index (χ0) is 32.0. The van der Waals surface area contributed by atoms with Gasteiger partial charge in [-0.15, -0.1) is 19.3 Å². The Balaban J connectivity index is 2.28. The van der Waals surface area contributed by atoms with Gasteiger partial charge in [-0.3, -0.25) is 14.4 Å². The van der Waals surface area contributed by atoms with Crippen LogP contribution in [0.3, 0.4) is 0 Å². The number of benzene rings is 1. The molecule has 0 aliphatic carbocycles. The lowest BCUT2D eigenvalue weighted by atomic mass is 9.78. The highest BCUT2D eigenvalue weighted by Gasteiger charge is 2.39. The smallest absolute Gasteiger partial charge is 0.339 e. The van der Waals surface area contributed by atoms with Crippen molar-refractivity contribution < 1.29 is 52.4 Å². The Morgan fingerprint density at radius 1 is 0.860 bits per heavy atom. The van der Waals surface area contributed by atoms with Crippen LogP contribution >= 0.6 is 0 Å². The molecule has 1 fully saturated rings. The minimum absolute atomic E-state index is 0.00772. The van der Waals surface area contributed by atoms with E-state index in [1.165, 1.54) is 18.2 Å². The molecule has 0 aromatic heterocycles. The molecule has 1 heterocycles. The summed E-state index contributed by atoms with van der Waals surface area (Å²) >= 11 is 0. The molecule has 1 aromatic rings. The van der Waals surface area contributed by atoms with Crippen LogP contribution in [0.1, 0.15) is 60.7 Å². The maximum absolute atomic E-state index is 13.3. The number of hydrogen-bond acceptors (Lipinski definition) is 11. The maximum atomic E-state index is 13.3. The van der Waals surface area contributed by atoms with Gasteiger partial charge in [0.1, 0.15) is 18.5 Å². The van der Waals surface area contributed by atoms with Crippen LogP contribution in [-0.2, 0) is 38.1 Å². The fraction of sp³-hybridized carbons (Fsp3) is 0.469. The molecular formula is C32H34O11. The molecule has 0 saturated carbocycles. The van der Waals surface area contributed by atoms with E-state index in [-0.39, 0.29) is 68.7 Å². The van der Waals surface area contributed by atoms with Gasteiger partial charge in [0.25, 0.3) is 0 Å². The summed E-state index contributed by atoms with van der Waals surface area (Å²) in [6, 6.07) is 3.58. The van der Waals surface area contributed by atoms with E-state index < -0.39 is 47.1 Å². The molecule has 228 valence electrons. The van der Waals surface area contributed by atoms with Crippen LogP contribution in [0, 0.1) is 54.3 Å². The average Bonchev–Trinajstić information content (AvgIpc) is 3.82. The van der Waals surface area contributed by atoms with Gasteiger partial charge < -0.3 is 28.4 Å². The highest BCUT2D eigenvalue weighted by atomic mass is 16.6. The monoisotopic (exact) mass is 594 g/mol. The normalized spacial score (nSPS) is 14.8. The SMILES string of the molecule is C#CCOC(=O)c1cc(OC(=O)C(CC)CC(CC(C)(C)C(=O)OCC2CO2)C(=O)OCC#C)cc(C(=O)OCC#C)c1. The lowest BCUT2D eigenvalue weighted by Gasteiger charge is -2.28. The van der Waals surface area contributed by atoms with Gasteiger partial charge >= 0.3 is 29.8 Å². The number of rotatable bonds is 16. The predicted octanol–water partition coefficient (Wildman–Crippen LogP) is 2.74. The van der Waals surface area contributed by atoms with E-state index in [2.05, 4.69) is 17.8 Å². The summed E-state index contributed by atoms with van der Waals surface area (Å²) in [4.78, 5) is 63.9. The van der Waals surface area contributed by atoms with Gasteiger partial charge in [-0.25, -0.2) is 9.59 Å². The van der Waals surface area contributed by atoms with Crippen LogP contribution in [0.5, 0.6) is 5.75 Å². The van der Waals surface area contributed by atoms with Crippen molar-refractivity contribution in [2.24, 2.45) is 17.3 Å². The Bertz CT molecular complexity index is 1270. The third kappa shape index (κ3) is 11.2. The molecule has 1 saturated heterocycles. The van der Waals surface area contributed by atoms with Gasteiger partial charge in [0, 0.05) is 0 Å². The van der Waals surface area contributed by atoms with E-state index in [0.29, 0.717) is 6.61 Å². The summed E-state index contributed by atoms with van der Waals surface area (Å²) in [6.45, 7) is 4.62. The molecule has 11 nitrogen and oxygen atoms in total. The minimum Gasteiger partial charge on any atom is -0.462 e. The first-order chi connectivity index (χ1) is 20.4. The van der Waals surface area contributed by atoms with E-state index in [4.69, 9.17) is 47.7 Å². The van der Waals surface area contributed by atoms with Crippen molar-refractivity contribution in [1.29, 1.82) is 0 Å². The van der Waals surface area contributed by atoms with Crippen molar-refractivity contribution in [3.8, 4) is 42.8 Å². The summed E-state index contributed by atoms with van der Waals surface area (Å²) in [5, 5.41) is 0. The van der Waals surface area contributed by atoms with Crippen molar-refractivity contribution in [2.75, 3.05) is 33.0 Å². The number of ether oxygens (including phenoxy) is 6. The van der Waals surface area contributed by atoms with Crippen LogP contribution in [0.25, 0.3) is 0 Å². The molecule has 1 aliphatic heterocycles. The molecule has 3 atom stereocenters. The molecule has 0 amide bonds. The Kier molecular flexibility index (Phi) is 13.3. The summed E-state index contributed by atoms with van der Waals surface area (Å²) < 4.78 is 30.9. The molecule has 1 aromatic carbocycles.